The van der Waals surface area contributed by atoms with Crippen molar-refractivity contribution >= 4 is 5.91 Å². The summed E-state index contributed by atoms with van der Waals surface area (Å²) >= 11 is 0. The van der Waals surface area contributed by atoms with E-state index < -0.39 is 0 Å². The van der Waals surface area contributed by atoms with Crippen molar-refractivity contribution in [3.8, 4) is 0 Å². The van der Waals surface area contributed by atoms with E-state index in [1.54, 1.807) is 20.2 Å². The molecule has 1 aromatic heterocycles. The summed E-state index contributed by atoms with van der Waals surface area (Å²) in [6.07, 6.45) is 0.699. The largest absolute Gasteiger partial charge is 0.456 e. The van der Waals surface area contributed by atoms with Crippen LogP contribution < -0.4 is 0 Å². The van der Waals surface area contributed by atoms with Crippen molar-refractivity contribution < 1.29 is 9.21 Å². The van der Waals surface area contributed by atoms with Gasteiger partial charge in [0.2, 0.25) is 0 Å². The molecule has 0 fully saturated rings. The maximum Gasteiger partial charge on any atom is 0.289 e. The average molecular weight is 285 g/mol. The second-order valence-corrected chi connectivity index (χ2v) is 6.59. The molecule has 3 heteroatoms. The van der Waals surface area contributed by atoms with Crippen LogP contribution in [0.25, 0.3) is 0 Å². The Morgan fingerprint density at radius 2 is 1.86 bits per heavy atom. The van der Waals surface area contributed by atoms with Crippen molar-refractivity contribution in [2.24, 2.45) is 0 Å². The number of benzene rings is 1. The van der Waals surface area contributed by atoms with Crippen LogP contribution >= 0.6 is 0 Å². The topological polar surface area (TPSA) is 33.5 Å². The molecule has 1 heterocycles. The molecule has 2 rings (SSSR count). The highest BCUT2D eigenvalue weighted by atomic mass is 16.4. The minimum absolute atomic E-state index is 0.107. The molecule has 0 atom stereocenters. The number of hydrogen-bond acceptors (Lipinski definition) is 2. The first-order valence-electron chi connectivity index (χ1n) is 7.17. The number of nitrogens with zero attached hydrogens (tertiary/aromatic N) is 1. The van der Waals surface area contributed by atoms with Crippen molar-refractivity contribution in [1.29, 1.82) is 0 Å². The Kier molecular flexibility index (Phi) is 4.21. The van der Waals surface area contributed by atoms with Gasteiger partial charge in [-0.3, -0.25) is 4.79 Å². The lowest BCUT2D eigenvalue weighted by Gasteiger charge is -2.19. The standard InChI is InChI=1S/C18H23NO2/c1-18(2,3)14-8-6-7-13(11-14)12-15-9-10-16(21-15)17(20)19(4)5/h6-11H,12H2,1-5H3. The maximum atomic E-state index is 11.8. The molecule has 0 spiro atoms. The fourth-order valence-electron chi connectivity index (χ4n) is 2.16. The minimum atomic E-state index is -0.107. The Morgan fingerprint density at radius 3 is 2.48 bits per heavy atom. The molecule has 1 aromatic carbocycles. The van der Waals surface area contributed by atoms with Crippen molar-refractivity contribution in [1.82, 2.24) is 4.90 Å². The van der Waals surface area contributed by atoms with Crippen LogP contribution in [0.5, 0.6) is 0 Å². The van der Waals surface area contributed by atoms with Gasteiger partial charge in [-0.2, -0.15) is 0 Å². The van der Waals surface area contributed by atoms with E-state index in [1.165, 1.54) is 16.0 Å². The van der Waals surface area contributed by atoms with Gasteiger partial charge in [-0.15, -0.1) is 0 Å². The predicted molar refractivity (Wildman–Crippen MR) is 84.7 cm³/mol. The van der Waals surface area contributed by atoms with Crippen molar-refractivity contribution in [3.63, 3.8) is 0 Å². The molecule has 0 saturated carbocycles. The summed E-state index contributed by atoms with van der Waals surface area (Å²) in [6.45, 7) is 6.60. The first-order chi connectivity index (χ1) is 9.77. The number of carbonyl (C=O) groups is 1. The van der Waals surface area contributed by atoms with E-state index in [0.29, 0.717) is 12.2 Å². The van der Waals surface area contributed by atoms with Crippen LogP contribution in [0.2, 0.25) is 0 Å². The molecule has 112 valence electrons. The number of rotatable bonds is 3. The fraction of sp³-hybridized carbons (Fsp3) is 0.389. The van der Waals surface area contributed by atoms with E-state index in [-0.39, 0.29) is 11.3 Å². The third-order valence-corrected chi connectivity index (χ3v) is 3.45. The van der Waals surface area contributed by atoms with Gasteiger partial charge < -0.3 is 9.32 Å². The highest BCUT2D eigenvalue weighted by molar-refractivity contribution is 5.91. The summed E-state index contributed by atoms with van der Waals surface area (Å²) in [5.41, 5.74) is 2.63. The van der Waals surface area contributed by atoms with Crippen LogP contribution in [-0.2, 0) is 11.8 Å². The Labute approximate surface area is 126 Å². The molecular formula is C18H23NO2. The lowest BCUT2D eigenvalue weighted by Crippen LogP contribution is -2.20. The van der Waals surface area contributed by atoms with E-state index in [0.717, 1.165) is 5.76 Å². The molecule has 0 radical (unpaired) electrons. The summed E-state index contributed by atoms with van der Waals surface area (Å²) in [6, 6.07) is 12.1. The first kappa shape index (κ1) is 15.4. The zero-order chi connectivity index (χ0) is 15.6. The summed E-state index contributed by atoms with van der Waals surface area (Å²) in [5.74, 6) is 1.10. The van der Waals surface area contributed by atoms with E-state index in [4.69, 9.17) is 4.42 Å². The van der Waals surface area contributed by atoms with E-state index in [1.807, 2.05) is 6.07 Å². The monoisotopic (exact) mass is 285 g/mol. The molecule has 1 amide bonds. The zero-order valence-electron chi connectivity index (χ0n) is 13.4. The molecule has 0 bridgehead atoms. The van der Waals surface area contributed by atoms with Crippen LogP contribution in [0.3, 0.4) is 0 Å². The highest BCUT2D eigenvalue weighted by Crippen LogP contribution is 2.24. The smallest absolute Gasteiger partial charge is 0.289 e. The van der Waals surface area contributed by atoms with Crippen molar-refractivity contribution in [2.45, 2.75) is 32.6 Å². The van der Waals surface area contributed by atoms with Gasteiger partial charge in [0.15, 0.2) is 5.76 Å². The lowest BCUT2D eigenvalue weighted by molar-refractivity contribution is 0.0795. The second kappa shape index (κ2) is 5.76. The SMILES string of the molecule is CN(C)C(=O)c1ccc(Cc2cccc(C(C)(C)C)c2)o1. The minimum Gasteiger partial charge on any atom is -0.456 e. The van der Waals surface area contributed by atoms with Gasteiger partial charge in [0, 0.05) is 20.5 Å². The number of hydrogen-bond donors (Lipinski definition) is 0. The molecule has 0 N–H and O–H groups in total. The van der Waals surface area contributed by atoms with Gasteiger partial charge in [0.1, 0.15) is 5.76 Å². The number of furan rings is 1. The van der Waals surface area contributed by atoms with E-state index >= 15 is 0 Å². The Balaban J connectivity index is 2.18. The summed E-state index contributed by atoms with van der Waals surface area (Å²) in [7, 11) is 3.44. The third-order valence-electron chi connectivity index (χ3n) is 3.45. The van der Waals surface area contributed by atoms with Crippen LogP contribution in [0.1, 0.15) is 48.2 Å². The van der Waals surface area contributed by atoms with Gasteiger partial charge in [0.25, 0.3) is 5.91 Å². The lowest BCUT2D eigenvalue weighted by atomic mass is 9.86. The molecular weight excluding hydrogens is 262 g/mol. The first-order valence-corrected chi connectivity index (χ1v) is 7.17. The van der Waals surface area contributed by atoms with Gasteiger partial charge >= 0.3 is 0 Å². The van der Waals surface area contributed by atoms with Crippen LogP contribution in [0.15, 0.2) is 40.8 Å². The predicted octanol–water partition coefficient (Wildman–Crippen LogP) is 3.87. The molecule has 21 heavy (non-hydrogen) atoms. The molecule has 0 aliphatic rings. The van der Waals surface area contributed by atoms with Gasteiger partial charge in [-0.1, -0.05) is 45.0 Å². The van der Waals surface area contributed by atoms with Gasteiger partial charge in [-0.25, -0.2) is 0 Å². The molecule has 0 unspecified atom stereocenters. The van der Waals surface area contributed by atoms with Gasteiger partial charge in [0.05, 0.1) is 0 Å². The van der Waals surface area contributed by atoms with Gasteiger partial charge in [-0.05, 0) is 28.7 Å². The highest BCUT2D eigenvalue weighted by Gasteiger charge is 2.15. The normalized spacial score (nSPS) is 11.5. The Bertz CT molecular complexity index is 633. The fourth-order valence-corrected chi connectivity index (χ4v) is 2.16. The maximum absolute atomic E-state index is 11.8. The number of amides is 1. The van der Waals surface area contributed by atoms with E-state index in [2.05, 4.69) is 45.0 Å². The Morgan fingerprint density at radius 1 is 1.14 bits per heavy atom. The van der Waals surface area contributed by atoms with Crippen LogP contribution in [0, 0.1) is 0 Å². The summed E-state index contributed by atoms with van der Waals surface area (Å²) in [4.78, 5) is 13.3. The van der Waals surface area contributed by atoms with Crippen LogP contribution in [0.4, 0.5) is 0 Å². The zero-order valence-corrected chi connectivity index (χ0v) is 13.4. The molecule has 0 aliphatic heterocycles. The summed E-state index contributed by atoms with van der Waals surface area (Å²) in [5, 5.41) is 0. The van der Waals surface area contributed by atoms with E-state index in [9.17, 15) is 4.79 Å². The third kappa shape index (κ3) is 3.75. The molecule has 3 nitrogen and oxygen atoms in total. The van der Waals surface area contributed by atoms with Crippen LogP contribution in [-0.4, -0.2) is 24.9 Å². The molecule has 0 aliphatic carbocycles. The average Bonchev–Trinajstić information content (AvgIpc) is 2.85. The Hall–Kier alpha value is -2.03. The second-order valence-electron chi connectivity index (χ2n) is 6.59. The molecule has 0 saturated heterocycles. The number of carbonyl (C=O) groups excluding carboxylic acids is 1. The van der Waals surface area contributed by atoms with Crippen molar-refractivity contribution in [3.05, 3.63) is 59.0 Å². The summed E-state index contributed by atoms with van der Waals surface area (Å²) < 4.78 is 5.64. The molecule has 2 aromatic rings. The van der Waals surface area contributed by atoms with Crippen molar-refractivity contribution in [2.75, 3.05) is 14.1 Å². The quantitative estimate of drug-likeness (QED) is 0.857.